The second-order valence-corrected chi connectivity index (χ2v) is 10.8. The van der Waals surface area contributed by atoms with Gasteiger partial charge >= 0.3 is 5.97 Å². The molecule has 0 bridgehead atoms. The van der Waals surface area contributed by atoms with Gasteiger partial charge in [0, 0.05) is 17.0 Å². The first-order valence-electron chi connectivity index (χ1n) is 12.3. The standard InChI is InChI=1S/C30H36FNO4S/c1-19-14-22(11-12-24(19)29(34)35)26-9-7-6-8-25(26)20(2)36-18-23(33)17-32-30(3,4)16-21-10-13-28(37-5)27(31)15-21/h6-15,20,23,32-33H,16-18H2,1-5H3,(H,34,35)/t20-,23+/m1/s1. The van der Waals surface area contributed by atoms with E-state index < -0.39 is 12.1 Å². The molecule has 37 heavy (non-hydrogen) atoms. The third-order valence-electron chi connectivity index (χ3n) is 6.38. The quantitative estimate of drug-likeness (QED) is 0.242. The topological polar surface area (TPSA) is 78.8 Å². The predicted molar refractivity (Wildman–Crippen MR) is 148 cm³/mol. The molecule has 0 unspecified atom stereocenters. The summed E-state index contributed by atoms with van der Waals surface area (Å²) < 4.78 is 20.2. The van der Waals surface area contributed by atoms with Crippen LogP contribution in [0.2, 0.25) is 0 Å². The fourth-order valence-electron chi connectivity index (χ4n) is 4.38. The van der Waals surface area contributed by atoms with E-state index in [1.165, 1.54) is 11.8 Å². The van der Waals surface area contributed by atoms with Crippen LogP contribution in [0.3, 0.4) is 0 Å². The number of hydrogen-bond donors (Lipinski definition) is 3. The Morgan fingerprint density at radius 1 is 1.14 bits per heavy atom. The molecule has 3 aromatic rings. The van der Waals surface area contributed by atoms with Gasteiger partial charge in [0.2, 0.25) is 0 Å². The van der Waals surface area contributed by atoms with Crippen molar-refractivity contribution >= 4 is 17.7 Å². The molecule has 5 nitrogen and oxygen atoms in total. The van der Waals surface area contributed by atoms with Crippen molar-refractivity contribution in [1.29, 1.82) is 0 Å². The summed E-state index contributed by atoms with van der Waals surface area (Å²) in [5, 5.41) is 23.3. The van der Waals surface area contributed by atoms with Gasteiger partial charge in [-0.15, -0.1) is 11.8 Å². The number of carboxylic acids is 1. The van der Waals surface area contributed by atoms with Crippen LogP contribution < -0.4 is 5.32 Å². The largest absolute Gasteiger partial charge is 0.478 e. The number of halogens is 1. The minimum atomic E-state index is -0.944. The van der Waals surface area contributed by atoms with Crippen LogP contribution in [0.15, 0.2) is 65.6 Å². The van der Waals surface area contributed by atoms with Crippen LogP contribution >= 0.6 is 11.8 Å². The molecule has 7 heteroatoms. The van der Waals surface area contributed by atoms with Crippen molar-refractivity contribution < 1.29 is 24.1 Å². The third kappa shape index (κ3) is 7.89. The van der Waals surface area contributed by atoms with Crippen LogP contribution in [0.25, 0.3) is 11.1 Å². The van der Waals surface area contributed by atoms with Crippen molar-refractivity contribution in [3.05, 3.63) is 88.7 Å². The number of β-amino-alcohol motifs (C(OH)–C–C–N with tert-alkyl or cyclic N) is 1. The van der Waals surface area contributed by atoms with Gasteiger partial charge in [0.25, 0.3) is 0 Å². The molecule has 0 radical (unpaired) electrons. The van der Waals surface area contributed by atoms with Gasteiger partial charge in [0.1, 0.15) is 5.82 Å². The van der Waals surface area contributed by atoms with Crippen LogP contribution in [0.1, 0.15) is 53.9 Å². The summed E-state index contributed by atoms with van der Waals surface area (Å²) in [5.74, 6) is -1.16. The highest BCUT2D eigenvalue weighted by Crippen LogP contribution is 2.31. The summed E-state index contributed by atoms with van der Waals surface area (Å²) in [7, 11) is 0. The lowest BCUT2D eigenvalue weighted by atomic mass is 9.94. The summed E-state index contributed by atoms with van der Waals surface area (Å²) in [5.41, 5.74) is 4.37. The highest BCUT2D eigenvalue weighted by Gasteiger charge is 2.21. The van der Waals surface area contributed by atoms with Crippen LogP contribution in [0.5, 0.6) is 0 Å². The van der Waals surface area contributed by atoms with Gasteiger partial charge in [-0.1, -0.05) is 42.5 Å². The summed E-state index contributed by atoms with van der Waals surface area (Å²) in [6.45, 7) is 8.26. The molecule has 2 atom stereocenters. The number of carbonyl (C=O) groups is 1. The Balaban J connectivity index is 1.58. The Morgan fingerprint density at radius 3 is 2.51 bits per heavy atom. The van der Waals surface area contributed by atoms with Crippen molar-refractivity contribution in [2.45, 2.75) is 56.8 Å². The zero-order valence-electron chi connectivity index (χ0n) is 22.0. The molecule has 3 aromatic carbocycles. The van der Waals surface area contributed by atoms with E-state index in [-0.39, 0.29) is 29.6 Å². The zero-order valence-corrected chi connectivity index (χ0v) is 22.9. The van der Waals surface area contributed by atoms with Gasteiger partial charge in [0.15, 0.2) is 0 Å². The molecule has 0 saturated heterocycles. The third-order valence-corrected chi connectivity index (χ3v) is 7.15. The molecule has 3 rings (SSSR count). The first kappa shape index (κ1) is 28.9. The van der Waals surface area contributed by atoms with Crippen LogP contribution in [-0.4, -0.2) is 47.2 Å². The first-order valence-corrected chi connectivity index (χ1v) is 13.5. The van der Waals surface area contributed by atoms with E-state index in [1.54, 1.807) is 25.1 Å². The average Bonchev–Trinajstić information content (AvgIpc) is 2.85. The van der Waals surface area contributed by atoms with E-state index in [9.17, 15) is 19.4 Å². The van der Waals surface area contributed by atoms with Crippen molar-refractivity contribution in [2.24, 2.45) is 0 Å². The van der Waals surface area contributed by atoms with Gasteiger partial charge in [-0.2, -0.15) is 0 Å². The van der Waals surface area contributed by atoms with Crippen molar-refractivity contribution in [3.63, 3.8) is 0 Å². The Morgan fingerprint density at radius 2 is 1.86 bits per heavy atom. The number of rotatable bonds is 12. The van der Waals surface area contributed by atoms with Gasteiger partial charge in [-0.05, 0) is 86.4 Å². The van der Waals surface area contributed by atoms with E-state index >= 15 is 0 Å². The fraction of sp³-hybridized carbons (Fsp3) is 0.367. The Hall–Kier alpha value is -2.71. The monoisotopic (exact) mass is 525 g/mol. The molecular formula is C30H36FNO4S. The summed E-state index contributed by atoms with van der Waals surface area (Å²) >= 11 is 1.38. The molecule has 0 aliphatic heterocycles. The Kier molecular flexibility index (Phi) is 9.90. The smallest absolute Gasteiger partial charge is 0.335 e. The van der Waals surface area contributed by atoms with E-state index in [0.29, 0.717) is 23.4 Å². The maximum Gasteiger partial charge on any atom is 0.335 e. The Bertz CT molecular complexity index is 1230. The predicted octanol–water partition coefficient (Wildman–Crippen LogP) is 6.27. The molecule has 0 heterocycles. The number of aliphatic hydroxyl groups is 1. The molecule has 0 amide bonds. The maximum absolute atomic E-state index is 14.1. The Labute approximate surface area is 223 Å². The minimum Gasteiger partial charge on any atom is -0.478 e. The molecule has 198 valence electrons. The first-order chi connectivity index (χ1) is 17.5. The number of ether oxygens (including phenoxy) is 1. The average molecular weight is 526 g/mol. The normalized spacial score (nSPS) is 13.4. The van der Waals surface area contributed by atoms with E-state index in [0.717, 1.165) is 22.3 Å². The number of aliphatic hydroxyl groups excluding tert-OH is 1. The molecule has 0 aromatic heterocycles. The molecule has 3 N–H and O–H groups in total. The highest BCUT2D eigenvalue weighted by atomic mass is 32.2. The number of nitrogens with one attached hydrogen (secondary N) is 1. The van der Waals surface area contributed by atoms with E-state index in [2.05, 4.69) is 5.32 Å². The number of carboxylic acid groups (broad SMARTS) is 1. The number of hydrogen-bond acceptors (Lipinski definition) is 5. The highest BCUT2D eigenvalue weighted by molar-refractivity contribution is 7.98. The molecule has 0 saturated carbocycles. The number of aryl methyl sites for hydroxylation is 1. The molecular weight excluding hydrogens is 489 g/mol. The number of thioether (sulfide) groups is 1. The van der Waals surface area contributed by atoms with Crippen molar-refractivity contribution in [2.75, 3.05) is 19.4 Å². The molecule has 0 spiro atoms. The van der Waals surface area contributed by atoms with Gasteiger partial charge in [-0.25, -0.2) is 9.18 Å². The van der Waals surface area contributed by atoms with E-state index in [4.69, 9.17) is 4.74 Å². The van der Waals surface area contributed by atoms with E-state index in [1.807, 2.05) is 69.5 Å². The summed E-state index contributed by atoms with van der Waals surface area (Å²) in [6, 6.07) is 18.5. The second-order valence-electron chi connectivity index (χ2n) is 9.96. The lowest BCUT2D eigenvalue weighted by Gasteiger charge is -2.28. The SMILES string of the molecule is CSc1ccc(CC(C)(C)NC[C@H](O)CO[C@H](C)c2ccccc2-c2ccc(C(=O)O)c(C)c2)cc1F. The molecule has 0 fully saturated rings. The van der Waals surface area contributed by atoms with Crippen molar-refractivity contribution in [3.8, 4) is 11.1 Å². The van der Waals surface area contributed by atoms with Crippen LogP contribution in [0.4, 0.5) is 4.39 Å². The van der Waals surface area contributed by atoms with Gasteiger partial charge in [-0.3, -0.25) is 0 Å². The van der Waals surface area contributed by atoms with Crippen molar-refractivity contribution in [1.82, 2.24) is 5.32 Å². The number of aromatic carboxylic acids is 1. The molecule has 0 aliphatic rings. The summed E-state index contributed by atoms with van der Waals surface area (Å²) in [6.07, 6.45) is 1.47. The second kappa shape index (κ2) is 12.7. The number of benzene rings is 3. The lowest BCUT2D eigenvalue weighted by molar-refractivity contribution is -0.00397. The van der Waals surface area contributed by atoms with Crippen LogP contribution in [0, 0.1) is 12.7 Å². The zero-order chi connectivity index (χ0) is 27.2. The maximum atomic E-state index is 14.1. The fourth-order valence-corrected chi connectivity index (χ4v) is 4.83. The molecule has 0 aliphatic carbocycles. The van der Waals surface area contributed by atoms with Gasteiger partial charge in [0.05, 0.1) is 24.4 Å². The van der Waals surface area contributed by atoms with Gasteiger partial charge < -0.3 is 20.3 Å². The minimum absolute atomic E-state index is 0.145. The lowest BCUT2D eigenvalue weighted by Crippen LogP contribution is -2.46. The van der Waals surface area contributed by atoms with Crippen LogP contribution in [-0.2, 0) is 11.2 Å². The summed E-state index contributed by atoms with van der Waals surface area (Å²) in [4.78, 5) is 12.0.